The quantitative estimate of drug-likeness (QED) is 0.114. The molecule has 5 rings (SSSR count). The third-order valence-corrected chi connectivity index (χ3v) is 11.0. The number of amides is 1. The lowest BCUT2D eigenvalue weighted by molar-refractivity contribution is -0.0861. The second-order valence-corrected chi connectivity index (χ2v) is 16.9. The van der Waals surface area contributed by atoms with Gasteiger partial charge in [-0.2, -0.15) is 8.42 Å². The Labute approximate surface area is 318 Å². The van der Waals surface area contributed by atoms with Crippen molar-refractivity contribution in [3.05, 3.63) is 53.6 Å². The van der Waals surface area contributed by atoms with Crippen molar-refractivity contribution in [2.45, 2.75) is 90.7 Å². The molecule has 0 unspecified atom stereocenters. The van der Waals surface area contributed by atoms with Gasteiger partial charge in [-0.05, 0) is 96.6 Å². The van der Waals surface area contributed by atoms with E-state index in [0.717, 1.165) is 48.8 Å². The lowest BCUT2D eigenvalue weighted by Crippen LogP contribution is -2.44. The largest absolute Gasteiger partial charge is 0.476 e. The van der Waals surface area contributed by atoms with Gasteiger partial charge in [-0.3, -0.25) is 4.18 Å². The maximum atomic E-state index is 16.0. The Hall–Kier alpha value is -3.82. The van der Waals surface area contributed by atoms with Gasteiger partial charge in [0.1, 0.15) is 5.60 Å². The van der Waals surface area contributed by atoms with Crippen LogP contribution in [0.4, 0.5) is 25.1 Å². The summed E-state index contributed by atoms with van der Waals surface area (Å²) in [5.74, 6) is -3.12. The molecule has 1 amide bonds. The lowest BCUT2D eigenvalue weighted by atomic mass is 9.85. The molecule has 0 aliphatic carbocycles. The van der Waals surface area contributed by atoms with E-state index in [2.05, 4.69) is 20.4 Å². The number of hydrogen-bond acceptors (Lipinski definition) is 11. The number of piperidine rings is 1. The topological polar surface area (TPSA) is 132 Å². The normalized spacial score (nSPS) is 16.7. The summed E-state index contributed by atoms with van der Waals surface area (Å²) in [5, 5.41) is 13.9. The van der Waals surface area contributed by atoms with Crippen LogP contribution in [0.25, 0.3) is 10.8 Å². The first-order valence-electron chi connectivity index (χ1n) is 19.0. The van der Waals surface area contributed by atoms with Crippen molar-refractivity contribution in [2.75, 3.05) is 68.6 Å². The van der Waals surface area contributed by atoms with Crippen molar-refractivity contribution >= 4 is 38.5 Å². The zero-order valence-corrected chi connectivity index (χ0v) is 32.9. The monoisotopic (exact) mass is 775 g/mol. The molecule has 2 aliphatic rings. The van der Waals surface area contributed by atoms with Gasteiger partial charge in [-0.15, -0.1) is 10.2 Å². The van der Waals surface area contributed by atoms with E-state index in [1.807, 2.05) is 31.2 Å². The van der Waals surface area contributed by atoms with Crippen molar-refractivity contribution in [1.82, 2.24) is 15.1 Å². The van der Waals surface area contributed by atoms with Gasteiger partial charge in [0.05, 0.1) is 43.6 Å². The molecule has 2 aromatic carbocycles. The number of nitrogens with one attached hydrogen (secondary N) is 1. The number of carbonyl (C=O) groups is 1. The molecule has 0 spiro atoms. The average molecular weight is 776 g/mol. The SMILES string of the molecule is CCS(=O)(=O)OCCCCCCOc1nnc(N[C@H](C)c2cccc(C(F)(F)C3CCN(C(=O)OC(C)(C)C)CC3)c2)c2ccc(N3CCOCC3)cc12. The molecule has 12 nitrogen and oxygen atoms in total. The van der Waals surface area contributed by atoms with Crippen molar-refractivity contribution in [1.29, 1.82) is 0 Å². The van der Waals surface area contributed by atoms with Gasteiger partial charge in [-0.1, -0.05) is 24.6 Å². The van der Waals surface area contributed by atoms with E-state index in [1.165, 1.54) is 11.0 Å². The highest BCUT2D eigenvalue weighted by atomic mass is 32.2. The third kappa shape index (κ3) is 11.1. The summed E-state index contributed by atoms with van der Waals surface area (Å²) in [5.41, 5.74) is 0.982. The standard InChI is InChI=1S/C39H55F2N5O7S/c1-6-54(48,49)52-23-10-8-7-9-22-51-36-34-27-32(45-20-24-50-25-21-45)14-15-33(34)35(43-44-36)42-28(2)29-12-11-13-31(26-29)39(40,41)30-16-18-46(19-17-30)37(47)53-38(3,4)5/h11-15,26-28,30H,6-10,16-25H2,1-5H3,(H,42,43)/t28-/m1/s1. The van der Waals surface area contributed by atoms with Crippen molar-refractivity contribution in [3.63, 3.8) is 0 Å². The van der Waals surface area contributed by atoms with Crippen LogP contribution < -0.4 is 15.0 Å². The second-order valence-electron chi connectivity index (χ2n) is 15.0. The second kappa shape index (κ2) is 18.2. The molecule has 2 fully saturated rings. The number of carbonyl (C=O) groups excluding carboxylic acids is 1. The fourth-order valence-corrected chi connectivity index (χ4v) is 7.18. The third-order valence-electron chi connectivity index (χ3n) is 9.78. The molecule has 3 aromatic rings. The average Bonchev–Trinajstić information content (AvgIpc) is 3.16. The van der Waals surface area contributed by atoms with E-state index < -0.39 is 33.7 Å². The highest BCUT2D eigenvalue weighted by molar-refractivity contribution is 7.86. The molecule has 15 heteroatoms. The Morgan fingerprint density at radius 3 is 2.35 bits per heavy atom. The summed E-state index contributed by atoms with van der Waals surface area (Å²) < 4.78 is 77.1. The van der Waals surface area contributed by atoms with Crippen LogP contribution in [0.2, 0.25) is 0 Å². The Balaban J connectivity index is 1.26. The Morgan fingerprint density at radius 1 is 0.963 bits per heavy atom. The molecular formula is C39H55F2N5O7S. The lowest BCUT2D eigenvalue weighted by Gasteiger charge is -2.36. The van der Waals surface area contributed by atoms with E-state index in [0.29, 0.717) is 43.5 Å². The molecule has 0 bridgehead atoms. The number of rotatable bonds is 16. The summed E-state index contributed by atoms with van der Waals surface area (Å²) in [7, 11) is -3.43. The maximum absolute atomic E-state index is 16.0. The van der Waals surface area contributed by atoms with Crippen LogP contribution in [-0.4, -0.2) is 93.6 Å². The summed E-state index contributed by atoms with van der Waals surface area (Å²) in [6.07, 6.45) is 2.89. The van der Waals surface area contributed by atoms with E-state index in [4.69, 9.17) is 18.4 Å². The number of ether oxygens (including phenoxy) is 3. The van der Waals surface area contributed by atoms with E-state index in [1.54, 1.807) is 39.8 Å². The van der Waals surface area contributed by atoms with Crippen LogP contribution in [0.15, 0.2) is 42.5 Å². The molecule has 2 saturated heterocycles. The number of anilines is 2. The van der Waals surface area contributed by atoms with Gasteiger partial charge < -0.3 is 29.3 Å². The van der Waals surface area contributed by atoms with Crippen molar-refractivity contribution < 1.29 is 40.4 Å². The van der Waals surface area contributed by atoms with Gasteiger partial charge in [0.15, 0.2) is 5.82 Å². The number of hydrogen-bond donors (Lipinski definition) is 1. The highest BCUT2D eigenvalue weighted by Gasteiger charge is 2.44. The van der Waals surface area contributed by atoms with Crippen LogP contribution >= 0.6 is 0 Å². The van der Waals surface area contributed by atoms with E-state index >= 15 is 8.78 Å². The molecule has 3 heterocycles. The van der Waals surface area contributed by atoms with E-state index in [-0.39, 0.29) is 49.9 Å². The van der Waals surface area contributed by atoms with Gasteiger partial charge >= 0.3 is 6.09 Å². The van der Waals surface area contributed by atoms with Crippen LogP contribution in [0.1, 0.15) is 90.3 Å². The molecule has 298 valence electrons. The first-order chi connectivity index (χ1) is 25.7. The number of aromatic nitrogens is 2. The van der Waals surface area contributed by atoms with Gasteiger partial charge in [0.25, 0.3) is 16.0 Å². The zero-order chi connectivity index (χ0) is 38.9. The van der Waals surface area contributed by atoms with Crippen molar-refractivity contribution in [3.8, 4) is 5.88 Å². The number of halogens is 2. The smallest absolute Gasteiger partial charge is 0.410 e. The van der Waals surface area contributed by atoms with E-state index in [9.17, 15) is 13.2 Å². The number of nitrogens with zero attached hydrogens (tertiary/aromatic N) is 4. The highest BCUT2D eigenvalue weighted by Crippen LogP contribution is 2.42. The fourth-order valence-electron chi connectivity index (χ4n) is 6.64. The first kappa shape index (κ1) is 41.3. The van der Waals surface area contributed by atoms with Gasteiger partial charge in [0.2, 0.25) is 5.88 Å². The summed E-state index contributed by atoms with van der Waals surface area (Å²) in [6.45, 7) is 12.6. The minimum absolute atomic E-state index is 0.0388. The van der Waals surface area contributed by atoms with Gasteiger partial charge in [0, 0.05) is 48.7 Å². The van der Waals surface area contributed by atoms with Crippen LogP contribution in [0.5, 0.6) is 5.88 Å². The number of unbranched alkanes of at least 4 members (excludes halogenated alkanes) is 3. The molecule has 2 aliphatic heterocycles. The molecule has 1 aromatic heterocycles. The number of fused-ring (bicyclic) bond motifs is 1. The first-order valence-corrected chi connectivity index (χ1v) is 20.6. The zero-order valence-electron chi connectivity index (χ0n) is 32.1. The van der Waals surface area contributed by atoms with Gasteiger partial charge in [-0.25, -0.2) is 13.6 Å². The predicted molar refractivity (Wildman–Crippen MR) is 205 cm³/mol. The minimum atomic E-state index is -3.43. The Bertz CT molecular complexity index is 1810. The van der Waals surface area contributed by atoms with Crippen LogP contribution in [0, 0.1) is 5.92 Å². The number of alkyl halides is 2. The molecule has 1 N–H and O–H groups in total. The Kier molecular flexibility index (Phi) is 13.9. The number of likely N-dealkylation sites (tertiary alicyclic amines) is 1. The Morgan fingerprint density at radius 2 is 1.67 bits per heavy atom. The molecule has 54 heavy (non-hydrogen) atoms. The van der Waals surface area contributed by atoms with Crippen LogP contribution in [-0.2, 0) is 29.7 Å². The number of morpholine rings is 1. The molecular weight excluding hydrogens is 721 g/mol. The summed E-state index contributed by atoms with van der Waals surface area (Å²) in [4.78, 5) is 16.3. The summed E-state index contributed by atoms with van der Waals surface area (Å²) >= 11 is 0. The van der Waals surface area contributed by atoms with Crippen LogP contribution in [0.3, 0.4) is 0 Å². The molecule has 0 radical (unpaired) electrons. The molecule has 1 atom stereocenters. The predicted octanol–water partition coefficient (Wildman–Crippen LogP) is 7.68. The number of benzene rings is 2. The fraction of sp³-hybridized carbons (Fsp3) is 0.615. The minimum Gasteiger partial charge on any atom is -0.476 e. The summed E-state index contributed by atoms with van der Waals surface area (Å²) in [6, 6.07) is 12.2. The van der Waals surface area contributed by atoms with Crippen molar-refractivity contribution in [2.24, 2.45) is 5.92 Å². The maximum Gasteiger partial charge on any atom is 0.410 e. The molecule has 0 saturated carbocycles.